The highest BCUT2D eigenvalue weighted by Gasteiger charge is 2.18. The molecule has 0 saturated carbocycles. The van der Waals surface area contributed by atoms with Crippen molar-refractivity contribution in [1.82, 2.24) is 0 Å². The van der Waals surface area contributed by atoms with Crippen molar-refractivity contribution < 1.29 is 14.5 Å². The van der Waals surface area contributed by atoms with Crippen molar-refractivity contribution >= 4 is 11.7 Å². The molecule has 0 heterocycles. The molecule has 0 saturated heterocycles. The van der Waals surface area contributed by atoms with E-state index in [-0.39, 0.29) is 11.3 Å². The van der Waals surface area contributed by atoms with Gasteiger partial charge in [0.2, 0.25) is 0 Å². The Morgan fingerprint density at radius 1 is 1.05 bits per heavy atom. The van der Waals surface area contributed by atoms with E-state index in [0.29, 0.717) is 25.7 Å². The zero-order valence-electron chi connectivity index (χ0n) is 20.8. The predicted octanol–water partition coefficient (Wildman–Crippen LogP) is 6.88. The molecule has 3 aromatic carbocycles. The van der Waals surface area contributed by atoms with Crippen LogP contribution in [0.3, 0.4) is 0 Å². The van der Waals surface area contributed by atoms with E-state index in [1.807, 2.05) is 6.92 Å². The Bertz CT molecular complexity index is 1460. The molecule has 5 nitrogen and oxygen atoms in total. The number of nitro benzene ring substituents is 1. The summed E-state index contributed by atoms with van der Waals surface area (Å²) in [6.07, 6.45) is 2.76. The number of hydrogen-bond donors (Lipinski definition) is 0. The Balaban J connectivity index is 1.34. The molecule has 1 aliphatic rings. The molecule has 4 rings (SSSR count). The second kappa shape index (κ2) is 11.9. The van der Waals surface area contributed by atoms with Crippen molar-refractivity contribution in [2.75, 3.05) is 0 Å². The van der Waals surface area contributed by atoms with E-state index in [4.69, 9.17) is 4.74 Å². The predicted molar refractivity (Wildman–Crippen MR) is 145 cm³/mol. The number of esters is 1. The van der Waals surface area contributed by atoms with Crippen molar-refractivity contribution in [2.24, 2.45) is 0 Å². The standard InChI is InChI=1S/C32H27NO4/c1-23(2)9-8-13-29(37-32(34)25-16-18-28(19-17-25)33(35)36)12-5-3-4-10-24-15-20-31-27(21-24)22-26-11-6-7-14-30(26)31/h6-7,11,14-21,29H,1,3,5,9,12,22H2,2H3. The highest BCUT2D eigenvalue weighted by molar-refractivity contribution is 5.89. The third-order valence-corrected chi connectivity index (χ3v) is 6.01. The maximum atomic E-state index is 12.6. The molecule has 0 spiro atoms. The molecule has 184 valence electrons. The lowest BCUT2D eigenvalue weighted by atomic mass is 10.0. The van der Waals surface area contributed by atoms with Crippen molar-refractivity contribution in [3.05, 3.63) is 111 Å². The summed E-state index contributed by atoms with van der Waals surface area (Å²) in [5.74, 6) is 12.0. The molecule has 1 unspecified atom stereocenters. The zero-order valence-corrected chi connectivity index (χ0v) is 20.8. The lowest BCUT2D eigenvalue weighted by Crippen LogP contribution is -2.17. The number of unbranched alkanes of at least 4 members (excludes halogenated alkanes) is 1. The number of nitro groups is 1. The van der Waals surface area contributed by atoms with E-state index in [2.05, 4.69) is 72.7 Å². The Morgan fingerprint density at radius 2 is 1.81 bits per heavy atom. The maximum absolute atomic E-state index is 12.6. The average molecular weight is 490 g/mol. The molecule has 5 heteroatoms. The molecule has 0 aliphatic heterocycles. The van der Waals surface area contributed by atoms with Gasteiger partial charge in [-0.1, -0.05) is 66.2 Å². The van der Waals surface area contributed by atoms with Gasteiger partial charge < -0.3 is 4.74 Å². The zero-order chi connectivity index (χ0) is 26.2. The van der Waals surface area contributed by atoms with Crippen LogP contribution >= 0.6 is 0 Å². The van der Waals surface area contributed by atoms with Crippen LogP contribution in [0.1, 0.15) is 59.7 Å². The van der Waals surface area contributed by atoms with E-state index >= 15 is 0 Å². The Hall–Kier alpha value is -4.61. The van der Waals surface area contributed by atoms with Crippen molar-refractivity contribution in [3.8, 4) is 34.8 Å². The van der Waals surface area contributed by atoms with Gasteiger partial charge >= 0.3 is 5.97 Å². The third kappa shape index (κ3) is 6.75. The van der Waals surface area contributed by atoms with Gasteiger partial charge in [0.05, 0.1) is 10.5 Å². The summed E-state index contributed by atoms with van der Waals surface area (Å²) >= 11 is 0. The van der Waals surface area contributed by atoms with Gasteiger partial charge in [-0.15, -0.1) is 0 Å². The van der Waals surface area contributed by atoms with Gasteiger partial charge in [0.15, 0.2) is 6.10 Å². The monoisotopic (exact) mass is 489 g/mol. The molecule has 0 aromatic heterocycles. The van der Waals surface area contributed by atoms with Gasteiger partial charge in [-0.25, -0.2) is 4.79 Å². The number of fused-ring (bicyclic) bond motifs is 3. The minimum atomic E-state index is -0.595. The molecule has 0 amide bonds. The first kappa shape index (κ1) is 25.5. The van der Waals surface area contributed by atoms with E-state index in [1.165, 1.54) is 46.5 Å². The van der Waals surface area contributed by atoms with Crippen LogP contribution < -0.4 is 0 Å². The van der Waals surface area contributed by atoms with Gasteiger partial charge in [-0.3, -0.25) is 10.1 Å². The lowest BCUT2D eigenvalue weighted by molar-refractivity contribution is -0.384. The number of allylic oxidation sites excluding steroid dienone is 1. The molecule has 3 aromatic rings. The van der Waals surface area contributed by atoms with Crippen LogP contribution in [0, 0.1) is 33.8 Å². The molecule has 1 aliphatic carbocycles. The lowest BCUT2D eigenvalue weighted by Gasteiger charge is -2.12. The second-order valence-corrected chi connectivity index (χ2v) is 9.05. The number of benzene rings is 3. The number of carbonyl (C=O) groups is 1. The fraction of sp³-hybridized carbons (Fsp3) is 0.219. The first-order chi connectivity index (χ1) is 17.9. The summed E-state index contributed by atoms with van der Waals surface area (Å²) in [5.41, 5.74) is 7.33. The number of ether oxygens (including phenoxy) is 1. The molecule has 1 atom stereocenters. The summed E-state index contributed by atoms with van der Waals surface area (Å²) in [4.78, 5) is 22.9. The molecule has 37 heavy (non-hydrogen) atoms. The summed E-state index contributed by atoms with van der Waals surface area (Å²) in [6.45, 7) is 5.74. The molecule has 0 bridgehead atoms. The van der Waals surface area contributed by atoms with Crippen molar-refractivity contribution in [3.63, 3.8) is 0 Å². The topological polar surface area (TPSA) is 69.4 Å². The van der Waals surface area contributed by atoms with Crippen molar-refractivity contribution in [2.45, 2.75) is 45.1 Å². The van der Waals surface area contributed by atoms with Gasteiger partial charge in [-0.05, 0) is 72.7 Å². The van der Waals surface area contributed by atoms with E-state index < -0.39 is 17.0 Å². The quantitative estimate of drug-likeness (QED) is 0.0708. The van der Waals surface area contributed by atoms with Gasteiger partial charge in [0, 0.05) is 30.5 Å². The summed E-state index contributed by atoms with van der Waals surface area (Å²) < 4.78 is 5.60. The summed E-state index contributed by atoms with van der Waals surface area (Å²) in [7, 11) is 0. The van der Waals surface area contributed by atoms with Crippen LogP contribution in [0.4, 0.5) is 5.69 Å². The Kier molecular flexibility index (Phi) is 8.18. The normalized spacial score (nSPS) is 11.6. The average Bonchev–Trinajstić information content (AvgIpc) is 3.26. The fourth-order valence-corrected chi connectivity index (χ4v) is 4.16. The summed E-state index contributed by atoms with van der Waals surface area (Å²) in [6, 6.07) is 20.2. The minimum absolute atomic E-state index is 0.0826. The van der Waals surface area contributed by atoms with E-state index in [0.717, 1.165) is 17.6 Å². The summed E-state index contributed by atoms with van der Waals surface area (Å²) in [5, 5.41) is 10.8. The van der Waals surface area contributed by atoms with Gasteiger partial charge in [-0.2, -0.15) is 0 Å². The third-order valence-electron chi connectivity index (χ3n) is 6.01. The first-order valence-electron chi connectivity index (χ1n) is 12.2. The molecule has 0 radical (unpaired) electrons. The number of carbonyl (C=O) groups excluding carboxylic acids is 1. The number of rotatable bonds is 7. The fourth-order valence-electron chi connectivity index (χ4n) is 4.16. The van der Waals surface area contributed by atoms with E-state index in [9.17, 15) is 14.9 Å². The van der Waals surface area contributed by atoms with Crippen LogP contribution in [0.2, 0.25) is 0 Å². The first-order valence-corrected chi connectivity index (χ1v) is 12.2. The van der Waals surface area contributed by atoms with Crippen LogP contribution in [0.5, 0.6) is 0 Å². The molecular formula is C32H27NO4. The Morgan fingerprint density at radius 3 is 2.57 bits per heavy atom. The molecule has 0 fully saturated rings. The smallest absolute Gasteiger partial charge is 0.339 e. The Labute approximate surface area is 217 Å². The largest absolute Gasteiger partial charge is 0.446 e. The number of hydrogen-bond acceptors (Lipinski definition) is 4. The maximum Gasteiger partial charge on any atom is 0.339 e. The van der Waals surface area contributed by atoms with Crippen LogP contribution in [0.15, 0.2) is 78.9 Å². The molecule has 0 N–H and O–H groups in total. The van der Waals surface area contributed by atoms with Gasteiger partial charge in [0.1, 0.15) is 0 Å². The van der Waals surface area contributed by atoms with Crippen LogP contribution in [0.25, 0.3) is 11.1 Å². The van der Waals surface area contributed by atoms with Crippen LogP contribution in [-0.2, 0) is 11.2 Å². The highest BCUT2D eigenvalue weighted by Crippen LogP contribution is 2.36. The van der Waals surface area contributed by atoms with Crippen molar-refractivity contribution in [1.29, 1.82) is 0 Å². The van der Waals surface area contributed by atoms with Gasteiger partial charge in [0.25, 0.3) is 5.69 Å². The minimum Gasteiger partial charge on any atom is -0.446 e. The number of non-ortho nitro benzene ring substituents is 1. The van der Waals surface area contributed by atoms with E-state index in [1.54, 1.807) is 0 Å². The SMILES string of the molecule is C=C(C)CC#CC(CCCC#Cc1ccc2c(c1)Cc1ccccc1-2)OC(=O)c1ccc([N+](=O)[O-])cc1. The molecular weight excluding hydrogens is 462 g/mol. The van der Waals surface area contributed by atoms with Crippen LogP contribution in [-0.4, -0.2) is 17.0 Å². The second-order valence-electron chi connectivity index (χ2n) is 9.05. The highest BCUT2D eigenvalue weighted by atomic mass is 16.6. The number of nitrogens with zero attached hydrogens (tertiary/aromatic N) is 1.